The molecule has 12 nitrogen and oxygen atoms in total. The van der Waals surface area contributed by atoms with Gasteiger partial charge in [0.1, 0.15) is 0 Å². The lowest BCUT2D eigenvalue weighted by Gasteiger charge is -2.39. The summed E-state index contributed by atoms with van der Waals surface area (Å²) in [4.78, 5) is 48.7. The third-order valence-corrected chi connectivity index (χ3v) is 12.7. The van der Waals surface area contributed by atoms with E-state index in [1.54, 1.807) is 42.0 Å². The van der Waals surface area contributed by atoms with E-state index in [9.17, 15) is 18.0 Å². The van der Waals surface area contributed by atoms with Gasteiger partial charge in [-0.3, -0.25) is 14.4 Å². The number of carbonyl (C=O) groups is 3. The minimum atomic E-state index is -4.31. The number of benzene rings is 4. The van der Waals surface area contributed by atoms with Crippen LogP contribution in [0.4, 0.5) is 0 Å². The first-order valence-corrected chi connectivity index (χ1v) is 22.0. The van der Waals surface area contributed by atoms with Gasteiger partial charge in [0.15, 0.2) is 5.69 Å². The van der Waals surface area contributed by atoms with Crippen molar-refractivity contribution in [2.24, 2.45) is 0 Å². The molecule has 0 saturated heterocycles. The molecule has 59 heavy (non-hydrogen) atoms. The van der Waals surface area contributed by atoms with Crippen molar-refractivity contribution in [3.63, 3.8) is 0 Å². The molecular weight excluding hydrogens is 788 g/mol. The van der Waals surface area contributed by atoms with Crippen molar-refractivity contribution in [3.8, 4) is 5.69 Å². The van der Waals surface area contributed by atoms with Crippen molar-refractivity contribution in [2.45, 2.75) is 70.4 Å². The van der Waals surface area contributed by atoms with Gasteiger partial charge in [0.2, 0.25) is 0 Å². The van der Waals surface area contributed by atoms with Crippen molar-refractivity contribution in [3.05, 3.63) is 124 Å². The Bertz CT molecular complexity index is 2430. The number of nitrogens with one attached hydrogen (secondary N) is 1. The lowest BCUT2D eigenvalue weighted by atomic mass is 9.92. The van der Waals surface area contributed by atoms with E-state index >= 15 is 4.79 Å². The molecule has 0 saturated carbocycles. The Kier molecular flexibility index (Phi) is 14.2. The molecule has 0 aliphatic carbocycles. The van der Waals surface area contributed by atoms with Crippen LogP contribution in [0.1, 0.15) is 87.6 Å². The van der Waals surface area contributed by atoms with Crippen molar-refractivity contribution >= 4 is 50.1 Å². The van der Waals surface area contributed by atoms with Gasteiger partial charge in [0.25, 0.3) is 27.7 Å². The van der Waals surface area contributed by atoms with Crippen LogP contribution in [0, 0.1) is 6.92 Å². The number of rotatable bonds is 17. The number of carbonyl (C=O) groups excluding carboxylic acids is 3. The molecule has 4 aromatic carbocycles. The monoisotopic (exact) mass is 840 g/mol. The first-order chi connectivity index (χ1) is 28.4. The second-order valence-corrected chi connectivity index (χ2v) is 17.2. The lowest BCUT2D eigenvalue weighted by molar-refractivity contribution is 0.0578. The number of hydrogen-bond acceptors (Lipinski definition) is 8. The van der Waals surface area contributed by atoms with E-state index in [4.69, 9.17) is 21.4 Å². The zero-order chi connectivity index (χ0) is 42.3. The summed E-state index contributed by atoms with van der Waals surface area (Å²) in [6, 6.07) is 24.1. The van der Waals surface area contributed by atoms with Crippen molar-refractivity contribution in [1.29, 1.82) is 0 Å². The second-order valence-electron chi connectivity index (χ2n) is 15.1. The van der Waals surface area contributed by atoms with Crippen LogP contribution in [-0.2, 0) is 27.7 Å². The van der Waals surface area contributed by atoms with Crippen LogP contribution in [0.15, 0.2) is 89.8 Å². The number of nitrogens with zero attached hydrogens (tertiary/aromatic N) is 5. The average molecular weight is 841 g/mol. The first kappa shape index (κ1) is 43.5. The Labute approximate surface area is 352 Å². The van der Waals surface area contributed by atoms with Gasteiger partial charge in [-0.05, 0) is 85.5 Å². The molecule has 5 aromatic rings. The normalized spacial score (nSPS) is 14.1. The van der Waals surface area contributed by atoms with Gasteiger partial charge < -0.3 is 19.4 Å². The molecule has 1 atom stereocenters. The quantitative estimate of drug-likeness (QED) is 0.103. The number of unbranched alkanes of at least 4 members (excludes halogenated alkanes) is 2. The molecule has 0 radical (unpaired) electrons. The van der Waals surface area contributed by atoms with E-state index < -0.39 is 21.8 Å². The summed E-state index contributed by atoms with van der Waals surface area (Å²) in [6.07, 6.45) is 4.07. The molecule has 312 valence electrons. The molecule has 14 heteroatoms. The Morgan fingerprint density at radius 3 is 2.27 bits per heavy atom. The van der Waals surface area contributed by atoms with Crippen LogP contribution in [0.25, 0.3) is 16.5 Å². The maximum Gasteiger partial charge on any atom is 0.275 e. The molecule has 1 aliphatic rings. The number of amides is 3. The molecule has 3 amide bonds. The molecule has 0 unspecified atom stereocenters. The van der Waals surface area contributed by atoms with Gasteiger partial charge in [-0.2, -0.15) is 5.10 Å². The lowest BCUT2D eigenvalue weighted by Crippen LogP contribution is -2.50. The van der Waals surface area contributed by atoms with E-state index in [-0.39, 0.29) is 38.7 Å². The molecule has 1 N–H and O–H groups in total. The molecule has 1 aliphatic heterocycles. The maximum atomic E-state index is 15.2. The molecule has 1 aromatic heterocycles. The third kappa shape index (κ3) is 9.87. The number of likely N-dealkylation sites (N-methyl/N-ethyl adjacent to an activating group) is 1. The fourth-order valence-electron chi connectivity index (χ4n) is 7.47. The van der Waals surface area contributed by atoms with Gasteiger partial charge in [-0.25, -0.2) is 17.8 Å². The number of methoxy groups -OCH3 is 1. The third-order valence-electron chi connectivity index (χ3n) is 10.9. The minimum Gasteiger partial charge on any atom is -0.383 e. The van der Waals surface area contributed by atoms with E-state index in [0.29, 0.717) is 62.5 Å². The average Bonchev–Trinajstić information content (AvgIpc) is 3.54. The number of halogens is 1. The van der Waals surface area contributed by atoms with E-state index in [2.05, 4.69) is 29.5 Å². The Balaban J connectivity index is 1.43. The Morgan fingerprint density at radius 2 is 1.58 bits per heavy atom. The van der Waals surface area contributed by atoms with Gasteiger partial charge in [0, 0.05) is 51.4 Å². The topological polar surface area (TPSA) is 134 Å². The summed E-state index contributed by atoms with van der Waals surface area (Å²) in [7, 11) is -0.680. The summed E-state index contributed by atoms with van der Waals surface area (Å²) < 4.78 is 36.2. The predicted octanol–water partition coefficient (Wildman–Crippen LogP) is 7.29. The standard InChI is InChI=1S/C45H53ClN6O6S/c1-6-8-22-50(23-9-7-2)45(55)42-41(46)31(3)52(47-42)40-21-19-35(43(53)48-59(56,57)38-20-18-32-14-10-11-16-34(32)27-38)28-39(40)44(54)51-29-36-17-13-12-15-33(36)26-37(51)30-49(4)24-25-58-5/h10-21,27-28,37H,6-9,22-26,29-30H2,1-5H3,(H,48,53)/t37-/m0/s1. The molecule has 2 heterocycles. The smallest absolute Gasteiger partial charge is 0.275 e. The Morgan fingerprint density at radius 1 is 0.898 bits per heavy atom. The van der Waals surface area contributed by atoms with Gasteiger partial charge >= 0.3 is 0 Å². The molecule has 0 bridgehead atoms. The fraction of sp³-hybridized carbons (Fsp3) is 0.378. The summed E-state index contributed by atoms with van der Waals surface area (Å²) in [5.74, 6) is -1.60. The number of fused-ring (bicyclic) bond motifs is 2. The van der Waals surface area contributed by atoms with Crippen LogP contribution in [-0.4, -0.2) is 104 Å². The van der Waals surface area contributed by atoms with Crippen LogP contribution >= 0.6 is 11.6 Å². The van der Waals surface area contributed by atoms with Crippen LogP contribution in [0.5, 0.6) is 0 Å². The SMILES string of the molecule is CCCCN(CCCC)C(=O)c1nn(-c2ccc(C(=O)NS(=O)(=O)c3ccc4ccccc4c3)cc2C(=O)N2Cc3ccccc3C[C@H]2CN(C)CCOC)c(C)c1Cl. The van der Waals surface area contributed by atoms with E-state index in [1.165, 1.54) is 28.9 Å². The Hall–Kier alpha value is -5.08. The summed E-state index contributed by atoms with van der Waals surface area (Å²) in [5.41, 5.74) is 2.99. The second kappa shape index (κ2) is 19.3. The summed E-state index contributed by atoms with van der Waals surface area (Å²) in [6.45, 7) is 9.00. The molecule has 0 fully saturated rings. The van der Waals surface area contributed by atoms with Gasteiger partial charge in [0.05, 0.1) is 33.5 Å². The highest BCUT2D eigenvalue weighted by Crippen LogP contribution is 2.31. The molecule has 6 rings (SSSR count). The van der Waals surface area contributed by atoms with Crippen molar-refractivity contribution in [2.75, 3.05) is 46.9 Å². The van der Waals surface area contributed by atoms with Crippen LogP contribution < -0.4 is 4.72 Å². The molecule has 0 spiro atoms. The van der Waals surface area contributed by atoms with Gasteiger partial charge in [-0.1, -0.05) is 92.9 Å². The minimum absolute atomic E-state index is 0.0508. The molecular formula is C45H53ClN6O6S. The van der Waals surface area contributed by atoms with Crippen molar-refractivity contribution < 1.29 is 27.5 Å². The highest BCUT2D eigenvalue weighted by Gasteiger charge is 2.34. The number of sulfonamides is 1. The van der Waals surface area contributed by atoms with E-state index in [0.717, 1.165) is 42.2 Å². The zero-order valence-electron chi connectivity index (χ0n) is 34.4. The van der Waals surface area contributed by atoms with E-state index in [1.807, 2.05) is 43.4 Å². The largest absolute Gasteiger partial charge is 0.383 e. The number of ether oxygens (including phenoxy) is 1. The summed E-state index contributed by atoms with van der Waals surface area (Å²) >= 11 is 6.91. The van der Waals surface area contributed by atoms with Crippen LogP contribution in [0.2, 0.25) is 5.02 Å². The highest BCUT2D eigenvalue weighted by atomic mass is 35.5. The highest BCUT2D eigenvalue weighted by molar-refractivity contribution is 7.90. The van der Waals surface area contributed by atoms with Crippen LogP contribution in [0.3, 0.4) is 0 Å². The van der Waals surface area contributed by atoms with Gasteiger partial charge in [-0.15, -0.1) is 0 Å². The predicted molar refractivity (Wildman–Crippen MR) is 231 cm³/mol. The number of hydrogen-bond donors (Lipinski definition) is 1. The first-order valence-electron chi connectivity index (χ1n) is 20.2. The maximum absolute atomic E-state index is 15.2. The zero-order valence-corrected chi connectivity index (χ0v) is 36.0. The summed E-state index contributed by atoms with van der Waals surface area (Å²) in [5, 5.41) is 6.47. The number of aromatic nitrogens is 2. The van der Waals surface area contributed by atoms with Crippen molar-refractivity contribution in [1.82, 2.24) is 29.2 Å². The fourth-order valence-corrected chi connectivity index (χ4v) is 8.67.